The van der Waals surface area contributed by atoms with Gasteiger partial charge in [-0.05, 0) is 18.2 Å². The minimum Gasteiger partial charge on any atom is -0.454 e. The number of amides is 1. The number of benzene rings is 3. The Kier molecular flexibility index (Phi) is 4.94. The van der Waals surface area contributed by atoms with E-state index >= 15 is 0 Å². The van der Waals surface area contributed by atoms with Gasteiger partial charge in [0.1, 0.15) is 0 Å². The number of thioether (sulfide) groups is 1. The van der Waals surface area contributed by atoms with Gasteiger partial charge in [-0.2, -0.15) is 0 Å². The maximum atomic E-state index is 12.4. The van der Waals surface area contributed by atoms with Gasteiger partial charge >= 0.3 is 0 Å². The van der Waals surface area contributed by atoms with E-state index < -0.39 is 0 Å². The molecule has 0 bridgehead atoms. The summed E-state index contributed by atoms with van der Waals surface area (Å²) in [5.74, 6) is 1.36. The Bertz CT molecular complexity index is 1230. The largest absolute Gasteiger partial charge is 0.454 e. The number of aromatic nitrogens is 2. The lowest BCUT2D eigenvalue weighted by Gasteiger charge is -2.09. The second-order valence-corrected chi connectivity index (χ2v) is 7.59. The van der Waals surface area contributed by atoms with E-state index in [4.69, 9.17) is 14.5 Å². The number of carbonyl (C=O) groups excluding carboxylic acids is 1. The van der Waals surface area contributed by atoms with E-state index in [0.29, 0.717) is 22.3 Å². The van der Waals surface area contributed by atoms with Crippen molar-refractivity contribution in [2.75, 3.05) is 17.9 Å². The molecule has 0 radical (unpaired) electrons. The first-order valence-corrected chi connectivity index (χ1v) is 10.4. The van der Waals surface area contributed by atoms with E-state index in [1.54, 1.807) is 18.2 Å². The Hall–Kier alpha value is -3.58. The number of nitrogens with zero attached hydrogens (tertiary/aromatic N) is 2. The highest BCUT2D eigenvalue weighted by Crippen LogP contribution is 2.34. The third kappa shape index (κ3) is 3.79. The standard InChI is InChI=1S/C23H17N3O3S/c27-21(24-16-10-11-19-20(12-16)29-14-28-19)13-30-23-25-18-9-5-4-8-17(18)22(26-23)15-6-2-1-3-7-15/h1-12H,13-14H2,(H,24,27). The molecule has 2 heterocycles. The molecular formula is C23H17N3O3S. The number of fused-ring (bicyclic) bond motifs is 2. The fourth-order valence-corrected chi connectivity index (χ4v) is 3.89. The molecule has 5 rings (SSSR count). The lowest BCUT2D eigenvalue weighted by Crippen LogP contribution is -2.14. The number of hydrogen-bond donors (Lipinski definition) is 1. The third-order valence-electron chi connectivity index (χ3n) is 4.62. The Morgan fingerprint density at radius 1 is 0.933 bits per heavy atom. The molecule has 1 aliphatic heterocycles. The van der Waals surface area contributed by atoms with E-state index in [1.165, 1.54) is 11.8 Å². The first kappa shape index (κ1) is 18.4. The molecule has 0 aliphatic carbocycles. The van der Waals surface area contributed by atoms with E-state index in [9.17, 15) is 4.79 Å². The number of rotatable bonds is 5. The molecule has 0 saturated heterocycles. The maximum Gasteiger partial charge on any atom is 0.234 e. The molecule has 30 heavy (non-hydrogen) atoms. The Labute approximate surface area is 177 Å². The van der Waals surface area contributed by atoms with Crippen molar-refractivity contribution >= 4 is 34.3 Å². The predicted molar refractivity (Wildman–Crippen MR) is 117 cm³/mol. The smallest absolute Gasteiger partial charge is 0.234 e. The zero-order valence-corrected chi connectivity index (χ0v) is 16.7. The van der Waals surface area contributed by atoms with Gasteiger partial charge in [-0.3, -0.25) is 4.79 Å². The summed E-state index contributed by atoms with van der Waals surface area (Å²) < 4.78 is 10.6. The zero-order chi connectivity index (χ0) is 20.3. The number of para-hydroxylation sites is 1. The van der Waals surface area contributed by atoms with Gasteiger partial charge in [0, 0.05) is 22.7 Å². The molecule has 0 spiro atoms. The topological polar surface area (TPSA) is 73.3 Å². The van der Waals surface area contributed by atoms with E-state index in [1.807, 2.05) is 54.6 Å². The van der Waals surface area contributed by atoms with Crippen LogP contribution in [0.25, 0.3) is 22.2 Å². The Morgan fingerprint density at radius 3 is 2.63 bits per heavy atom. The number of anilines is 1. The van der Waals surface area contributed by atoms with Gasteiger partial charge in [-0.25, -0.2) is 9.97 Å². The molecule has 1 amide bonds. The van der Waals surface area contributed by atoms with Crippen LogP contribution < -0.4 is 14.8 Å². The maximum absolute atomic E-state index is 12.4. The second kappa shape index (κ2) is 8.04. The van der Waals surface area contributed by atoms with Crippen molar-refractivity contribution in [2.24, 2.45) is 0 Å². The van der Waals surface area contributed by atoms with E-state index in [-0.39, 0.29) is 18.5 Å². The average molecular weight is 415 g/mol. The van der Waals surface area contributed by atoms with Crippen LogP contribution in [0.5, 0.6) is 11.5 Å². The summed E-state index contributed by atoms with van der Waals surface area (Å²) >= 11 is 1.31. The van der Waals surface area contributed by atoms with Gasteiger partial charge in [-0.15, -0.1) is 0 Å². The minimum absolute atomic E-state index is 0.142. The van der Waals surface area contributed by atoms with E-state index in [0.717, 1.165) is 22.2 Å². The van der Waals surface area contributed by atoms with Crippen molar-refractivity contribution in [3.05, 3.63) is 72.8 Å². The summed E-state index contributed by atoms with van der Waals surface area (Å²) in [5, 5.41) is 4.42. The van der Waals surface area contributed by atoms with Crippen LogP contribution in [0.15, 0.2) is 78.0 Å². The number of ether oxygens (including phenoxy) is 2. The Morgan fingerprint density at radius 2 is 1.73 bits per heavy atom. The molecule has 148 valence electrons. The van der Waals surface area contributed by atoms with Gasteiger partial charge in [0.05, 0.1) is 17.0 Å². The van der Waals surface area contributed by atoms with Crippen LogP contribution >= 0.6 is 11.8 Å². The lowest BCUT2D eigenvalue weighted by atomic mass is 10.1. The highest BCUT2D eigenvalue weighted by atomic mass is 32.2. The fraction of sp³-hybridized carbons (Fsp3) is 0.0870. The molecule has 0 fully saturated rings. The van der Waals surface area contributed by atoms with Crippen molar-refractivity contribution in [1.82, 2.24) is 9.97 Å². The number of nitrogens with one attached hydrogen (secondary N) is 1. The van der Waals surface area contributed by atoms with Crippen molar-refractivity contribution in [2.45, 2.75) is 5.16 Å². The van der Waals surface area contributed by atoms with Crippen LogP contribution in [0.1, 0.15) is 0 Å². The summed E-state index contributed by atoms with van der Waals surface area (Å²) in [7, 11) is 0. The summed E-state index contributed by atoms with van der Waals surface area (Å²) in [6.07, 6.45) is 0. The average Bonchev–Trinajstić information content (AvgIpc) is 3.26. The molecule has 1 aromatic heterocycles. The van der Waals surface area contributed by atoms with Gasteiger partial charge < -0.3 is 14.8 Å². The first-order valence-electron chi connectivity index (χ1n) is 9.41. The van der Waals surface area contributed by atoms with Crippen LogP contribution in [0.3, 0.4) is 0 Å². The van der Waals surface area contributed by atoms with Crippen molar-refractivity contribution < 1.29 is 14.3 Å². The monoisotopic (exact) mass is 415 g/mol. The summed E-state index contributed by atoms with van der Waals surface area (Å²) in [6.45, 7) is 0.200. The quantitative estimate of drug-likeness (QED) is 0.374. The molecule has 1 aliphatic rings. The van der Waals surface area contributed by atoms with Crippen LogP contribution in [0.2, 0.25) is 0 Å². The van der Waals surface area contributed by atoms with Crippen LogP contribution in [-0.2, 0) is 4.79 Å². The predicted octanol–water partition coefficient (Wildman–Crippen LogP) is 4.76. The molecule has 4 aromatic rings. The summed E-state index contributed by atoms with van der Waals surface area (Å²) in [4.78, 5) is 21.8. The van der Waals surface area contributed by atoms with Crippen molar-refractivity contribution in [3.63, 3.8) is 0 Å². The molecule has 0 unspecified atom stereocenters. The van der Waals surface area contributed by atoms with Crippen LogP contribution in [0.4, 0.5) is 5.69 Å². The fourth-order valence-electron chi connectivity index (χ4n) is 3.24. The molecular weight excluding hydrogens is 398 g/mol. The third-order valence-corrected chi connectivity index (χ3v) is 5.47. The molecule has 0 saturated carbocycles. The molecule has 1 N–H and O–H groups in total. The normalized spacial score (nSPS) is 12.1. The highest BCUT2D eigenvalue weighted by molar-refractivity contribution is 7.99. The van der Waals surface area contributed by atoms with Crippen molar-refractivity contribution in [3.8, 4) is 22.8 Å². The van der Waals surface area contributed by atoms with Gasteiger partial charge in [-0.1, -0.05) is 60.3 Å². The highest BCUT2D eigenvalue weighted by Gasteiger charge is 2.15. The van der Waals surface area contributed by atoms with E-state index in [2.05, 4.69) is 10.3 Å². The first-order chi connectivity index (χ1) is 14.8. The van der Waals surface area contributed by atoms with Gasteiger partial charge in [0.15, 0.2) is 16.7 Å². The van der Waals surface area contributed by atoms with Crippen LogP contribution in [0, 0.1) is 0 Å². The van der Waals surface area contributed by atoms with Gasteiger partial charge in [0.25, 0.3) is 0 Å². The number of hydrogen-bond acceptors (Lipinski definition) is 6. The second-order valence-electron chi connectivity index (χ2n) is 6.64. The minimum atomic E-state index is -0.142. The van der Waals surface area contributed by atoms with Crippen molar-refractivity contribution in [1.29, 1.82) is 0 Å². The number of carbonyl (C=O) groups is 1. The molecule has 3 aromatic carbocycles. The summed E-state index contributed by atoms with van der Waals surface area (Å²) in [6, 6.07) is 23.2. The molecule has 0 atom stereocenters. The van der Waals surface area contributed by atoms with Crippen LogP contribution in [-0.4, -0.2) is 28.4 Å². The SMILES string of the molecule is O=C(CSc1nc(-c2ccccc2)c2ccccc2n1)Nc1ccc2c(c1)OCO2. The Balaban J connectivity index is 1.35. The van der Waals surface area contributed by atoms with Gasteiger partial charge in [0.2, 0.25) is 12.7 Å². The molecule has 7 heteroatoms. The summed E-state index contributed by atoms with van der Waals surface area (Å²) in [5.41, 5.74) is 3.39. The zero-order valence-electron chi connectivity index (χ0n) is 15.9. The lowest BCUT2D eigenvalue weighted by molar-refractivity contribution is -0.113. The molecule has 6 nitrogen and oxygen atoms in total.